The number of aromatic nitrogens is 1. The smallest absolute Gasteiger partial charge is 0.323 e. The van der Waals surface area contributed by atoms with Crippen LogP contribution < -0.4 is 20.1 Å². The van der Waals surface area contributed by atoms with Crippen LogP contribution in [0.25, 0.3) is 0 Å². The summed E-state index contributed by atoms with van der Waals surface area (Å²) >= 11 is 0. The number of hydrogen-bond donors (Lipinski definition) is 2. The molecule has 0 radical (unpaired) electrons. The van der Waals surface area contributed by atoms with Gasteiger partial charge in [-0.25, -0.2) is 9.78 Å². The summed E-state index contributed by atoms with van der Waals surface area (Å²) in [5.74, 6) is 1.72. The lowest BCUT2D eigenvalue weighted by atomic mass is 10.3. The molecule has 0 aliphatic carbocycles. The van der Waals surface area contributed by atoms with Gasteiger partial charge < -0.3 is 14.8 Å². The Morgan fingerprint density at radius 1 is 1.09 bits per heavy atom. The molecule has 116 valence electrons. The Morgan fingerprint density at radius 3 is 2.50 bits per heavy atom. The molecule has 2 amide bonds. The fraction of sp³-hybridized carbons (Fsp3) is 0.250. The molecule has 0 aliphatic rings. The van der Waals surface area contributed by atoms with Crippen LogP contribution in [-0.4, -0.2) is 24.4 Å². The van der Waals surface area contributed by atoms with Crippen molar-refractivity contribution in [1.82, 2.24) is 10.3 Å². The lowest BCUT2D eigenvalue weighted by Crippen LogP contribution is -2.32. The number of carbonyl (C=O) groups excluding carboxylic acids is 1. The Morgan fingerprint density at radius 2 is 1.82 bits per heavy atom. The number of para-hydroxylation sites is 2. The molecule has 0 fully saturated rings. The molecular weight excluding hydrogens is 282 g/mol. The van der Waals surface area contributed by atoms with Gasteiger partial charge in [-0.15, -0.1) is 0 Å². The van der Waals surface area contributed by atoms with Crippen LogP contribution in [0, 0.1) is 6.92 Å². The second-order valence-electron chi connectivity index (χ2n) is 4.46. The van der Waals surface area contributed by atoms with Crippen LogP contribution >= 0.6 is 0 Å². The highest BCUT2D eigenvalue weighted by atomic mass is 16.5. The van der Waals surface area contributed by atoms with Gasteiger partial charge in [0, 0.05) is 5.69 Å². The minimum atomic E-state index is -0.382. The molecule has 1 aromatic carbocycles. The molecule has 0 bridgehead atoms. The maximum Gasteiger partial charge on any atom is 0.323 e. The molecule has 1 aromatic heterocycles. The van der Waals surface area contributed by atoms with Crippen molar-refractivity contribution < 1.29 is 14.3 Å². The third kappa shape index (κ3) is 4.66. The number of urea groups is 1. The van der Waals surface area contributed by atoms with Gasteiger partial charge in [-0.05, 0) is 38.1 Å². The van der Waals surface area contributed by atoms with Gasteiger partial charge in [0.1, 0.15) is 5.82 Å². The van der Waals surface area contributed by atoms with E-state index in [0.717, 1.165) is 5.69 Å². The van der Waals surface area contributed by atoms with Crippen molar-refractivity contribution in [3.63, 3.8) is 0 Å². The summed E-state index contributed by atoms with van der Waals surface area (Å²) in [6.45, 7) is 4.34. The van der Waals surface area contributed by atoms with Crippen molar-refractivity contribution in [2.24, 2.45) is 0 Å². The van der Waals surface area contributed by atoms with E-state index in [1.165, 1.54) is 0 Å². The number of aryl methyl sites for hydroxylation is 1. The molecule has 2 rings (SSSR count). The molecule has 0 atom stereocenters. The van der Waals surface area contributed by atoms with E-state index in [0.29, 0.717) is 23.9 Å². The summed E-state index contributed by atoms with van der Waals surface area (Å²) < 4.78 is 10.9. The van der Waals surface area contributed by atoms with Gasteiger partial charge in [-0.1, -0.05) is 18.2 Å². The first-order valence-corrected chi connectivity index (χ1v) is 7.02. The molecule has 2 aromatic rings. The summed E-state index contributed by atoms with van der Waals surface area (Å²) in [7, 11) is 0. The number of anilines is 1. The normalized spacial score (nSPS) is 9.91. The maximum absolute atomic E-state index is 11.8. The summed E-state index contributed by atoms with van der Waals surface area (Å²) in [5, 5.41) is 5.24. The Labute approximate surface area is 129 Å². The Bertz CT molecular complexity index is 632. The Kier molecular flexibility index (Phi) is 5.59. The Balaban J connectivity index is 1.82. The first kappa shape index (κ1) is 15.6. The number of nitrogens with zero attached hydrogens (tertiary/aromatic N) is 1. The number of amides is 2. The highest BCUT2D eigenvalue weighted by Crippen LogP contribution is 2.25. The minimum absolute atomic E-state index is 0.0295. The van der Waals surface area contributed by atoms with E-state index < -0.39 is 0 Å². The van der Waals surface area contributed by atoms with Gasteiger partial charge in [0.05, 0.1) is 6.61 Å². The van der Waals surface area contributed by atoms with E-state index in [1.54, 1.807) is 12.1 Å². The molecule has 22 heavy (non-hydrogen) atoms. The number of rotatable bonds is 6. The average molecular weight is 301 g/mol. The number of hydrogen-bond acceptors (Lipinski definition) is 4. The molecule has 0 spiro atoms. The Hall–Kier alpha value is -2.76. The zero-order valence-corrected chi connectivity index (χ0v) is 12.6. The standard InChI is InChI=1S/C16H19N3O3/c1-3-21-13-8-4-5-9-14(13)22-11-17-16(20)19-15-10-6-7-12(2)18-15/h4-10H,3,11H2,1-2H3,(H2,17,18,19,20). The largest absolute Gasteiger partial charge is 0.490 e. The van der Waals surface area contributed by atoms with E-state index >= 15 is 0 Å². The fourth-order valence-electron chi connectivity index (χ4n) is 1.80. The maximum atomic E-state index is 11.8. The quantitative estimate of drug-likeness (QED) is 0.805. The number of benzene rings is 1. The molecule has 0 unspecified atom stereocenters. The van der Waals surface area contributed by atoms with Crippen LogP contribution in [0.3, 0.4) is 0 Å². The average Bonchev–Trinajstić information content (AvgIpc) is 2.49. The summed E-state index contributed by atoms with van der Waals surface area (Å²) in [4.78, 5) is 15.9. The highest BCUT2D eigenvalue weighted by Gasteiger charge is 2.05. The van der Waals surface area contributed by atoms with Crippen molar-refractivity contribution in [2.75, 3.05) is 18.7 Å². The van der Waals surface area contributed by atoms with E-state index in [1.807, 2.05) is 44.2 Å². The molecule has 1 heterocycles. The zero-order valence-electron chi connectivity index (χ0n) is 12.6. The highest BCUT2D eigenvalue weighted by molar-refractivity contribution is 5.88. The van der Waals surface area contributed by atoms with Crippen molar-refractivity contribution >= 4 is 11.8 Å². The lowest BCUT2D eigenvalue weighted by Gasteiger charge is -2.12. The van der Waals surface area contributed by atoms with E-state index in [2.05, 4.69) is 15.6 Å². The second-order valence-corrected chi connectivity index (χ2v) is 4.46. The topological polar surface area (TPSA) is 72.5 Å². The van der Waals surface area contributed by atoms with E-state index in [4.69, 9.17) is 9.47 Å². The number of ether oxygens (including phenoxy) is 2. The minimum Gasteiger partial charge on any atom is -0.490 e. The first-order valence-electron chi connectivity index (χ1n) is 7.02. The van der Waals surface area contributed by atoms with Crippen LogP contribution in [0.5, 0.6) is 11.5 Å². The number of carbonyl (C=O) groups is 1. The molecule has 6 nitrogen and oxygen atoms in total. The van der Waals surface area contributed by atoms with E-state index in [9.17, 15) is 4.79 Å². The van der Waals surface area contributed by atoms with Gasteiger partial charge in [0.15, 0.2) is 18.2 Å². The molecular formula is C16H19N3O3. The first-order chi connectivity index (χ1) is 10.7. The van der Waals surface area contributed by atoms with Crippen molar-refractivity contribution in [1.29, 1.82) is 0 Å². The summed E-state index contributed by atoms with van der Waals surface area (Å²) in [5.41, 5.74) is 0.833. The van der Waals surface area contributed by atoms with Crippen LogP contribution in [-0.2, 0) is 0 Å². The van der Waals surface area contributed by atoms with Crippen molar-refractivity contribution in [2.45, 2.75) is 13.8 Å². The predicted octanol–water partition coefficient (Wildman–Crippen LogP) is 2.95. The molecule has 0 saturated carbocycles. The predicted molar refractivity (Wildman–Crippen MR) is 84.2 cm³/mol. The number of pyridine rings is 1. The van der Waals surface area contributed by atoms with Gasteiger partial charge in [0.25, 0.3) is 0 Å². The van der Waals surface area contributed by atoms with Gasteiger partial charge in [-0.2, -0.15) is 0 Å². The van der Waals surface area contributed by atoms with Crippen LogP contribution in [0.1, 0.15) is 12.6 Å². The SMILES string of the molecule is CCOc1ccccc1OCNC(=O)Nc1cccc(C)n1. The fourth-order valence-corrected chi connectivity index (χ4v) is 1.80. The van der Waals surface area contributed by atoms with Crippen molar-refractivity contribution in [3.05, 3.63) is 48.2 Å². The number of nitrogens with one attached hydrogen (secondary N) is 2. The van der Waals surface area contributed by atoms with Crippen LogP contribution in [0.15, 0.2) is 42.5 Å². The van der Waals surface area contributed by atoms with Gasteiger partial charge in [0.2, 0.25) is 0 Å². The van der Waals surface area contributed by atoms with Gasteiger partial charge >= 0.3 is 6.03 Å². The second kappa shape index (κ2) is 7.87. The van der Waals surface area contributed by atoms with Crippen LogP contribution in [0.2, 0.25) is 0 Å². The van der Waals surface area contributed by atoms with E-state index in [-0.39, 0.29) is 12.8 Å². The molecule has 6 heteroatoms. The molecule has 0 saturated heterocycles. The molecule has 2 N–H and O–H groups in total. The molecule has 0 aliphatic heterocycles. The third-order valence-corrected chi connectivity index (χ3v) is 2.74. The van der Waals surface area contributed by atoms with Crippen molar-refractivity contribution in [3.8, 4) is 11.5 Å². The lowest BCUT2D eigenvalue weighted by molar-refractivity contribution is 0.229. The summed E-state index contributed by atoms with van der Waals surface area (Å²) in [6, 6.07) is 12.3. The summed E-state index contributed by atoms with van der Waals surface area (Å²) in [6.07, 6.45) is 0. The van der Waals surface area contributed by atoms with Gasteiger partial charge in [-0.3, -0.25) is 5.32 Å². The monoisotopic (exact) mass is 301 g/mol. The third-order valence-electron chi connectivity index (χ3n) is 2.74. The van der Waals surface area contributed by atoms with Crippen LogP contribution in [0.4, 0.5) is 10.6 Å². The zero-order chi connectivity index (χ0) is 15.8.